The molecule has 2 aromatic heterocycles. The van der Waals surface area contributed by atoms with Gasteiger partial charge in [0.15, 0.2) is 0 Å². The number of hydrogen-bond acceptors (Lipinski definition) is 2. The first-order valence-corrected chi connectivity index (χ1v) is 8.51. The zero-order valence-corrected chi connectivity index (χ0v) is 14.5. The second-order valence-electron chi connectivity index (χ2n) is 6.12. The van der Waals surface area contributed by atoms with Crippen LogP contribution >= 0.6 is 11.6 Å². The molecule has 25 heavy (non-hydrogen) atoms. The van der Waals surface area contributed by atoms with Crippen LogP contribution in [0.25, 0.3) is 28.0 Å². The number of aliphatic hydroxyl groups is 1. The molecule has 0 amide bonds. The summed E-state index contributed by atoms with van der Waals surface area (Å²) in [5.41, 5.74) is 5.81. The standard InChI is InChI=1S/C21H17ClN2O/c1-14(25)15-4-2-5-16(10-15)18-8-9-21-23-20(13-24(21)12-18)17-6-3-7-19(22)11-17/h2-14,25H,1H3. The predicted octanol–water partition coefficient (Wildman–Crippen LogP) is 5.38. The van der Waals surface area contributed by atoms with E-state index in [4.69, 9.17) is 11.6 Å². The number of halogens is 1. The van der Waals surface area contributed by atoms with Crippen LogP contribution in [-0.2, 0) is 0 Å². The third-order valence-corrected chi connectivity index (χ3v) is 4.51. The van der Waals surface area contributed by atoms with Gasteiger partial charge in [-0.2, -0.15) is 0 Å². The van der Waals surface area contributed by atoms with Gasteiger partial charge in [0, 0.05) is 23.0 Å². The Balaban J connectivity index is 1.77. The normalized spacial score (nSPS) is 12.4. The van der Waals surface area contributed by atoms with Crippen molar-refractivity contribution in [3.8, 4) is 22.4 Å². The van der Waals surface area contributed by atoms with E-state index in [-0.39, 0.29) is 0 Å². The maximum absolute atomic E-state index is 9.79. The molecule has 3 nitrogen and oxygen atoms in total. The second kappa shape index (κ2) is 6.36. The minimum atomic E-state index is -0.480. The van der Waals surface area contributed by atoms with Crippen LogP contribution < -0.4 is 0 Å². The predicted molar refractivity (Wildman–Crippen MR) is 102 cm³/mol. The van der Waals surface area contributed by atoms with Crippen LogP contribution in [0.5, 0.6) is 0 Å². The van der Waals surface area contributed by atoms with Crippen molar-refractivity contribution in [2.45, 2.75) is 13.0 Å². The maximum Gasteiger partial charge on any atom is 0.137 e. The first-order valence-electron chi connectivity index (χ1n) is 8.13. The van der Waals surface area contributed by atoms with Gasteiger partial charge in [0.2, 0.25) is 0 Å². The number of benzene rings is 2. The minimum absolute atomic E-state index is 0.480. The summed E-state index contributed by atoms with van der Waals surface area (Å²) < 4.78 is 2.01. The van der Waals surface area contributed by atoms with Crippen molar-refractivity contribution in [1.82, 2.24) is 9.38 Å². The van der Waals surface area contributed by atoms with Crippen molar-refractivity contribution in [3.63, 3.8) is 0 Å². The molecule has 4 rings (SSSR count). The third-order valence-electron chi connectivity index (χ3n) is 4.27. The van der Waals surface area contributed by atoms with Gasteiger partial charge in [0.1, 0.15) is 5.65 Å². The molecule has 0 spiro atoms. The first-order chi connectivity index (χ1) is 12.1. The van der Waals surface area contributed by atoms with E-state index in [1.54, 1.807) is 6.92 Å². The lowest BCUT2D eigenvalue weighted by Gasteiger charge is -2.08. The number of nitrogens with zero attached hydrogens (tertiary/aromatic N) is 2. The molecule has 1 N–H and O–H groups in total. The molecular formula is C21H17ClN2O. The van der Waals surface area contributed by atoms with Crippen LogP contribution in [0.4, 0.5) is 0 Å². The SMILES string of the molecule is CC(O)c1cccc(-c2ccc3nc(-c4cccc(Cl)c4)cn3c2)c1. The van der Waals surface area contributed by atoms with Crippen LogP contribution in [0.2, 0.25) is 5.02 Å². The van der Waals surface area contributed by atoms with E-state index in [2.05, 4.69) is 11.2 Å². The molecule has 1 atom stereocenters. The van der Waals surface area contributed by atoms with E-state index in [0.717, 1.165) is 33.6 Å². The van der Waals surface area contributed by atoms with E-state index in [9.17, 15) is 5.11 Å². The number of fused-ring (bicyclic) bond motifs is 1. The Bertz CT molecular complexity index is 1050. The molecule has 2 aromatic carbocycles. The summed E-state index contributed by atoms with van der Waals surface area (Å²) in [5.74, 6) is 0. The topological polar surface area (TPSA) is 37.5 Å². The molecular weight excluding hydrogens is 332 g/mol. The summed E-state index contributed by atoms with van der Waals surface area (Å²) in [6.07, 6.45) is 3.58. The van der Waals surface area contributed by atoms with Crippen molar-refractivity contribution in [2.75, 3.05) is 0 Å². The summed E-state index contributed by atoms with van der Waals surface area (Å²) in [6, 6.07) is 19.7. The van der Waals surface area contributed by atoms with Gasteiger partial charge < -0.3 is 9.51 Å². The molecule has 1 unspecified atom stereocenters. The average Bonchev–Trinajstić information content (AvgIpc) is 3.05. The second-order valence-corrected chi connectivity index (χ2v) is 6.56. The van der Waals surface area contributed by atoms with Crippen LogP contribution in [-0.4, -0.2) is 14.5 Å². The van der Waals surface area contributed by atoms with Crippen molar-refractivity contribution in [2.24, 2.45) is 0 Å². The Kier molecular flexibility index (Phi) is 4.04. The Morgan fingerprint density at radius 1 is 0.920 bits per heavy atom. The highest BCUT2D eigenvalue weighted by molar-refractivity contribution is 6.30. The van der Waals surface area contributed by atoms with E-state index >= 15 is 0 Å². The largest absolute Gasteiger partial charge is 0.389 e. The fourth-order valence-electron chi connectivity index (χ4n) is 2.93. The van der Waals surface area contributed by atoms with E-state index in [1.807, 2.05) is 71.3 Å². The Hall–Kier alpha value is -2.62. The Morgan fingerprint density at radius 2 is 1.72 bits per heavy atom. The highest BCUT2D eigenvalue weighted by Gasteiger charge is 2.08. The first kappa shape index (κ1) is 15.9. The number of imidazole rings is 1. The molecule has 0 radical (unpaired) electrons. The van der Waals surface area contributed by atoms with Gasteiger partial charge in [-0.3, -0.25) is 0 Å². The molecule has 0 aliphatic carbocycles. The van der Waals surface area contributed by atoms with Crippen LogP contribution in [0.15, 0.2) is 73.1 Å². The lowest BCUT2D eigenvalue weighted by Crippen LogP contribution is -1.91. The molecule has 4 heteroatoms. The lowest BCUT2D eigenvalue weighted by atomic mass is 10.0. The van der Waals surface area contributed by atoms with Gasteiger partial charge in [0.05, 0.1) is 11.8 Å². The molecule has 124 valence electrons. The zero-order chi connectivity index (χ0) is 17.4. The minimum Gasteiger partial charge on any atom is -0.389 e. The third kappa shape index (κ3) is 3.16. The van der Waals surface area contributed by atoms with Gasteiger partial charge in [-0.1, -0.05) is 41.9 Å². The fraction of sp³-hybridized carbons (Fsp3) is 0.0952. The van der Waals surface area contributed by atoms with Crippen molar-refractivity contribution in [1.29, 1.82) is 0 Å². The summed E-state index contributed by atoms with van der Waals surface area (Å²) in [5, 5.41) is 10.5. The Labute approximate surface area is 151 Å². The summed E-state index contributed by atoms with van der Waals surface area (Å²) in [4.78, 5) is 4.67. The summed E-state index contributed by atoms with van der Waals surface area (Å²) in [6.45, 7) is 1.77. The maximum atomic E-state index is 9.79. The molecule has 2 heterocycles. The van der Waals surface area contributed by atoms with Gasteiger partial charge in [0.25, 0.3) is 0 Å². The molecule has 0 aliphatic heterocycles. The Morgan fingerprint density at radius 3 is 2.52 bits per heavy atom. The quantitative estimate of drug-likeness (QED) is 0.540. The number of aromatic nitrogens is 2. The molecule has 4 aromatic rings. The lowest BCUT2D eigenvalue weighted by molar-refractivity contribution is 0.199. The van der Waals surface area contributed by atoms with Crippen molar-refractivity contribution >= 4 is 17.2 Å². The number of hydrogen-bond donors (Lipinski definition) is 1. The van der Waals surface area contributed by atoms with Crippen molar-refractivity contribution in [3.05, 3.63) is 83.6 Å². The number of pyridine rings is 1. The van der Waals surface area contributed by atoms with E-state index in [1.165, 1.54) is 0 Å². The molecule has 0 saturated heterocycles. The average molecular weight is 349 g/mol. The highest BCUT2D eigenvalue weighted by Crippen LogP contribution is 2.26. The number of rotatable bonds is 3. The van der Waals surface area contributed by atoms with Gasteiger partial charge in [-0.15, -0.1) is 0 Å². The number of aliphatic hydroxyl groups excluding tert-OH is 1. The zero-order valence-electron chi connectivity index (χ0n) is 13.7. The van der Waals surface area contributed by atoms with Crippen LogP contribution in [0.3, 0.4) is 0 Å². The van der Waals surface area contributed by atoms with E-state index in [0.29, 0.717) is 5.02 Å². The smallest absolute Gasteiger partial charge is 0.137 e. The highest BCUT2D eigenvalue weighted by atomic mass is 35.5. The van der Waals surface area contributed by atoms with Crippen molar-refractivity contribution < 1.29 is 5.11 Å². The van der Waals surface area contributed by atoms with Gasteiger partial charge in [-0.25, -0.2) is 4.98 Å². The molecule has 0 saturated carbocycles. The molecule has 0 aliphatic rings. The summed E-state index contributed by atoms with van der Waals surface area (Å²) in [7, 11) is 0. The molecule has 0 bridgehead atoms. The monoisotopic (exact) mass is 348 g/mol. The van der Waals surface area contributed by atoms with Gasteiger partial charge in [-0.05, 0) is 53.9 Å². The summed E-state index contributed by atoms with van der Waals surface area (Å²) >= 11 is 6.08. The fourth-order valence-corrected chi connectivity index (χ4v) is 3.12. The van der Waals surface area contributed by atoms with Gasteiger partial charge >= 0.3 is 0 Å². The molecule has 0 fully saturated rings. The van der Waals surface area contributed by atoms with Crippen LogP contribution in [0.1, 0.15) is 18.6 Å². The van der Waals surface area contributed by atoms with Crippen LogP contribution in [0, 0.1) is 0 Å². The van der Waals surface area contributed by atoms with E-state index < -0.39 is 6.10 Å².